The van der Waals surface area contributed by atoms with Gasteiger partial charge < -0.3 is 4.90 Å². The molecule has 2 rings (SSSR count). The fraction of sp³-hybridized carbons (Fsp3) is 0.312. The first-order valence-corrected chi connectivity index (χ1v) is 6.93. The molecular formula is C16H19ClN2. The first-order chi connectivity index (χ1) is 9.11. The fourth-order valence-corrected chi connectivity index (χ4v) is 2.59. The average Bonchev–Trinajstić information content (AvgIpc) is 2.39. The van der Waals surface area contributed by atoms with E-state index < -0.39 is 0 Å². The molecule has 0 amide bonds. The number of anilines is 1. The highest BCUT2D eigenvalue weighted by Crippen LogP contribution is 2.24. The summed E-state index contributed by atoms with van der Waals surface area (Å²) < 4.78 is 0. The van der Waals surface area contributed by atoms with Crippen molar-refractivity contribution in [1.29, 1.82) is 0 Å². The maximum atomic E-state index is 6.07. The molecule has 0 fully saturated rings. The lowest BCUT2D eigenvalue weighted by Crippen LogP contribution is -2.20. The molecule has 0 saturated heterocycles. The zero-order valence-electron chi connectivity index (χ0n) is 11.7. The Kier molecular flexibility index (Phi) is 4.43. The fourth-order valence-electron chi connectivity index (χ4n) is 2.26. The molecule has 0 unspecified atom stereocenters. The van der Waals surface area contributed by atoms with Crippen molar-refractivity contribution >= 4 is 17.4 Å². The maximum Gasteiger partial charge on any atom is 0.133 e. The van der Waals surface area contributed by atoms with Crippen LogP contribution in [0.4, 0.5) is 5.82 Å². The molecular weight excluding hydrogens is 256 g/mol. The second-order valence-corrected chi connectivity index (χ2v) is 5.13. The standard InChI is InChI=1S/C16H19ClN2/c1-12-9-13(2)18-16(15(12)10-17)19(3)11-14-7-5-4-6-8-14/h4-9H,10-11H2,1-3H3. The molecule has 0 aliphatic rings. The van der Waals surface area contributed by atoms with Crippen LogP contribution >= 0.6 is 11.6 Å². The quantitative estimate of drug-likeness (QED) is 0.781. The molecule has 2 aromatic rings. The van der Waals surface area contributed by atoms with Gasteiger partial charge in [-0.05, 0) is 31.0 Å². The minimum atomic E-state index is 0.494. The number of alkyl halides is 1. The molecule has 1 heterocycles. The number of nitrogens with zero attached hydrogens (tertiary/aromatic N) is 2. The van der Waals surface area contributed by atoms with Gasteiger partial charge in [-0.15, -0.1) is 11.6 Å². The lowest BCUT2D eigenvalue weighted by Gasteiger charge is -2.22. The van der Waals surface area contributed by atoms with Gasteiger partial charge in [0.1, 0.15) is 5.82 Å². The van der Waals surface area contributed by atoms with Crippen molar-refractivity contribution in [3.8, 4) is 0 Å². The van der Waals surface area contributed by atoms with Crippen LogP contribution in [-0.2, 0) is 12.4 Å². The highest BCUT2D eigenvalue weighted by molar-refractivity contribution is 6.17. The summed E-state index contributed by atoms with van der Waals surface area (Å²) in [6.07, 6.45) is 0. The van der Waals surface area contributed by atoms with E-state index in [1.165, 1.54) is 11.1 Å². The number of hydrogen-bond donors (Lipinski definition) is 0. The van der Waals surface area contributed by atoms with Gasteiger partial charge in [0.15, 0.2) is 0 Å². The largest absolute Gasteiger partial charge is 0.355 e. The number of hydrogen-bond acceptors (Lipinski definition) is 2. The molecule has 3 heteroatoms. The van der Waals surface area contributed by atoms with Gasteiger partial charge >= 0.3 is 0 Å². The number of pyridine rings is 1. The van der Waals surface area contributed by atoms with Gasteiger partial charge in [-0.25, -0.2) is 4.98 Å². The predicted molar refractivity (Wildman–Crippen MR) is 81.8 cm³/mol. The van der Waals surface area contributed by atoms with Crippen molar-refractivity contribution in [3.63, 3.8) is 0 Å². The van der Waals surface area contributed by atoms with Crippen LogP contribution in [0.5, 0.6) is 0 Å². The lowest BCUT2D eigenvalue weighted by atomic mass is 10.1. The van der Waals surface area contributed by atoms with E-state index >= 15 is 0 Å². The highest BCUT2D eigenvalue weighted by atomic mass is 35.5. The molecule has 19 heavy (non-hydrogen) atoms. The normalized spacial score (nSPS) is 10.5. The van der Waals surface area contributed by atoms with Crippen molar-refractivity contribution in [2.75, 3.05) is 11.9 Å². The summed E-state index contributed by atoms with van der Waals surface area (Å²) in [5.74, 6) is 1.48. The topological polar surface area (TPSA) is 16.1 Å². The van der Waals surface area contributed by atoms with E-state index in [0.717, 1.165) is 23.6 Å². The maximum absolute atomic E-state index is 6.07. The summed E-state index contributed by atoms with van der Waals surface area (Å²) in [5.41, 5.74) is 4.62. The Hall–Kier alpha value is -1.54. The van der Waals surface area contributed by atoms with E-state index in [4.69, 9.17) is 11.6 Å². The summed E-state index contributed by atoms with van der Waals surface area (Å²) in [4.78, 5) is 6.80. The summed E-state index contributed by atoms with van der Waals surface area (Å²) in [7, 11) is 2.06. The number of rotatable bonds is 4. The Labute approximate surface area is 120 Å². The van der Waals surface area contributed by atoms with Gasteiger partial charge in [-0.1, -0.05) is 30.3 Å². The van der Waals surface area contributed by atoms with Gasteiger partial charge in [0.25, 0.3) is 0 Å². The first-order valence-electron chi connectivity index (χ1n) is 6.40. The molecule has 100 valence electrons. The van der Waals surface area contributed by atoms with E-state index in [9.17, 15) is 0 Å². The van der Waals surface area contributed by atoms with Crippen molar-refractivity contribution in [1.82, 2.24) is 4.98 Å². The third-order valence-electron chi connectivity index (χ3n) is 3.21. The summed E-state index contributed by atoms with van der Waals surface area (Å²) in [6.45, 7) is 4.94. The van der Waals surface area contributed by atoms with Crippen molar-refractivity contribution in [2.24, 2.45) is 0 Å². The molecule has 0 bridgehead atoms. The molecule has 0 aliphatic carbocycles. The van der Waals surface area contributed by atoms with Gasteiger partial charge in [-0.2, -0.15) is 0 Å². The number of benzene rings is 1. The van der Waals surface area contributed by atoms with E-state index in [0.29, 0.717) is 5.88 Å². The number of aromatic nitrogens is 1. The molecule has 0 aliphatic heterocycles. The van der Waals surface area contributed by atoms with Crippen LogP contribution in [0, 0.1) is 13.8 Å². The molecule has 0 saturated carbocycles. The molecule has 2 nitrogen and oxygen atoms in total. The van der Waals surface area contributed by atoms with Crippen LogP contribution in [0.15, 0.2) is 36.4 Å². The minimum Gasteiger partial charge on any atom is -0.355 e. The van der Waals surface area contributed by atoms with Gasteiger partial charge in [0, 0.05) is 24.8 Å². The van der Waals surface area contributed by atoms with Crippen LogP contribution < -0.4 is 4.90 Å². The van der Waals surface area contributed by atoms with Gasteiger partial charge in [0.05, 0.1) is 5.88 Å². The molecule has 0 spiro atoms. The summed E-state index contributed by atoms with van der Waals surface area (Å²) in [6, 6.07) is 12.5. The Morgan fingerprint density at radius 1 is 1.16 bits per heavy atom. The molecule has 1 aromatic heterocycles. The SMILES string of the molecule is Cc1cc(C)c(CCl)c(N(C)Cc2ccccc2)n1. The van der Waals surface area contributed by atoms with E-state index in [-0.39, 0.29) is 0 Å². The van der Waals surface area contributed by atoms with Crippen LogP contribution in [0.1, 0.15) is 22.4 Å². The first kappa shape index (κ1) is 13.9. The summed E-state index contributed by atoms with van der Waals surface area (Å²) in [5, 5.41) is 0. The molecule has 0 N–H and O–H groups in total. The Morgan fingerprint density at radius 3 is 2.47 bits per heavy atom. The highest BCUT2D eigenvalue weighted by Gasteiger charge is 2.12. The smallest absolute Gasteiger partial charge is 0.133 e. The van der Waals surface area contributed by atoms with E-state index in [1.807, 2.05) is 13.0 Å². The molecule has 0 radical (unpaired) electrons. The third-order valence-corrected chi connectivity index (χ3v) is 3.48. The average molecular weight is 275 g/mol. The van der Waals surface area contributed by atoms with Gasteiger partial charge in [0.2, 0.25) is 0 Å². The number of halogens is 1. The Balaban J connectivity index is 2.30. The second kappa shape index (κ2) is 6.07. The third kappa shape index (κ3) is 3.27. The minimum absolute atomic E-state index is 0.494. The van der Waals surface area contributed by atoms with Crippen LogP contribution in [0.25, 0.3) is 0 Å². The van der Waals surface area contributed by atoms with E-state index in [2.05, 4.69) is 54.2 Å². The van der Waals surface area contributed by atoms with Crippen molar-refractivity contribution in [3.05, 3.63) is 58.8 Å². The zero-order chi connectivity index (χ0) is 13.8. The zero-order valence-corrected chi connectivity index (χ0v) is 12.4. The summed E-state index contributed by atoms with van der Waals surface area (Å²) >= 11 is 6.07. The Morgan fingerprint density at radius 2 is 1.84 bits per heavy atom. The van der Waals surface area contributed by atoms with Gasteiger partial charge in [-0.3, -0.25) is 0 Å². The van der Waals surface area contributed by atoms with Crippen molar-refractivity contribution < 1.29 is 0 Å². The lowest BCUT2D eigenvalue weighted by molar-refractivity contribution is 0.879. The molecule has 0 atom stereocenters. The Bertz CT molecular complexity index is 552. The number of aryl methyl sites for hydroxylation is 2. The monoisotopic (exact) mass is 274 g/mol. The van der Waals surface area contributed by atoms with Crippen molar-refractivity contribution in [2.45, 2.75) is 26.3 Å². The van der Waals surface area contributed by atoms with Crippen LogP contribution in [0.2, 0.25) is 0 Å². The molecule has 1 aromatic carbocycles. The van der Waals surface area contributed by atoms with E-state index in [1.54, 1.807) is 0 Å². The predicted octanol–water partition coefficient (Wildman–Crippen LogP) is 4.07. The van der Waals surface area contributed by atoms with Crippen LogP contribution in [0.3, 0.4) is 0 Å². The second-order valence-electron chi connectivity index (χ2n) is 4.86. The van der Waals surface area contributed by atoms with Crippen LogP contribution in [-0.4, -0.2) is 12.0 Å².